The van der Waals surface area contributed by atoms with E-state index in [9.17, 15) is 9.59 Å². The molecule has 0 spiro atoms. The molecule has 2 heterocycles. The van der Waals surface area contributed by atoms with Gasteiger partial charge < -0.3 is 24.3 Å². The molecule has 0 saturated carbocycles. The maximum absolute atomic E-state index is 12.5. The Hall–Kier alpha value is -3.37. The van der Waals surface area contributed by atoms with Gasteiger partial charge in [0.05, 0.1) is 34.1 Å². The highest BCUT2D eigenvalue weighted by Gasteiger charge is 2.20. The summed E-state index contributed by atoms with van der Waals surface area (Å²) in [6, 6.07) is 14.0. The summed E-state index contributed by atoms with van der Waals surface area (Å²) >= 11 is 17.7. The van der Waals surface area contributed by atoms with E-state index in [-0.39, 0.29) is 5.11 Å². The first-order valence-electron chi connectivity index (χ1n) is 11.8. The molecule has 4 rings (SSSR count). The standard InChI is InChI=1S/C27H26Cl2N4O4S/c1-32-12-14-33(15-13-32)22-9-6-17(26(35)36-2)16-21(22)30-27(38)31-24(34)11-8-18-7-10-23(37-18)19-4-3-5-20(28)25(19)29/h3-11,16H,12-15H2,1-2H3,(H2,30,31,34,38)/b11-8+. The molecule has 2 aromatic carbocycles. The molecular weight excluding hydrogens is 547 g/mol. The third kappa shape index (κ3) is 6.73. The zero-order valence-electron chi connectivity index (χ0n) is 20.8. The van der Waals surface area contributed by atoms with Crippen molar-refractivity contribution >= 4 is 69.9 Å². The minimum atomic E-state index is -0.465. The van der Waals surface area contributed by atoms with Crippen LogP contribution in [0.25, 0.3) is 17.4 Å². The van der Waals surface area contributed by atoms with Gasteiger partial charge in [-0.15, -0.1) is 0 Å². The minimum Gasteiger partial charge on any atom is -0.465 e. The number of halogens is 2. The number of carbonyl (C=O) groups excluding carboxylic acids is 2. The number of benzene rings is 2. The molecule has 2 N–H and O–H groups in total. The summed E-state index contributed by atoms with van der Waals surface area (Å²) in [7, 11) is 3.40. The van der Waals surface area contributed by atoms with Gasteiger partial charge in [-0.05, 0) is 67.8 Å². The highest BCUT2D eigenvalue weighted by atomic mass is 35.5. The monoisotopic (exact) mass is 572 g/mol. The lowest BCUT2D eigenvalue weighted by Gasteiger charge is -2.35. The van der Waals surface area contributed by atoms with Crippen LogP contribution in [0.5, 0.6) is 0 Å². The fraction of sp³-hybridized carbons (Fsp3) is 0.222. The van der Waals surface area contributed by atoms with Crippen LogP contribution in [0.2, 0.25) is 10.0 Å². The van der Waals surface area contributed by atoms with Gasteiger partial charge in [0.25, 0.3) is 0 Å². The molecular formula is C27H26Cl2N4O4S. The van der Waals surface area contributed by atoms with Crippen molar-refractivity contribution in [1.29, 1.82) is 0 Å². The highest BCUT2D eigenvalue weighted by molar-refractivity contribution is 7.80. The van der Waals surface area contributed by atoms with E-state index in [4.69, 9.17) is 44.6 Å². The van der Waals surface area contributed by atoms with Crippen LogP contribution < -0.4 is 15.5 Å². The Morgan fingerprint density at radius 1 is 1.08 bits per heavy atom. The van der Waals surface area contributed by atoms with Crippen molar-refractivity contribution in [1.82, 2.24) is 10.2 Å². The number of hydrogen-bond donors (Lipinski definition) is 2. The predicted octanol–water partition coefficient (Wildman–Crippen LogP) is 5.32. The molecule has 1 fully saturated rings. The van der Waals surface area contributed by atoms with Gasteiger partial charge in [-0.1, -0.05) is 29.3 Å². The molecule has 0 aliphatic carbocycles. The van der Waals surface area contributed by atoms with Crippen molar-refractivity contribution in [3.63, 3.8) is 0 Å². The largest absolute Gasteiger partial charge is 0.465 e. The molecule has 8 nitrogen and oxygen atoms in total. The molecule has 1 aliphatic heterocycles. The molecule has 11 heteroatoms. The average molecular weight is 574 g/mol. The van der Waals surface area contributed by atoms with Crippen molar-refractivity contribution in [3.05, 3.63) is 76.0 Å². The van der Waals surface area contributed by atoms with E-state index < -0.39 is 11.9 Å². The summed E-state index contributed by atoms with van der Waals surface area (Å²) in [5, 5.41) is 6.58. The summed E-state index contributed by atoms with van der Waals surface area (Å²) in [6.07, 6.45) is 2.83. The second kappa shape index (κ2) is 12.4. The Labute approximate surface area is 236 Å². The molecule has 198 valence electrons. The Kier molecular flexibility index (Phi) is 9.06. The topological polar surface area (TPSA) is 87.0 Å². The maximum Gasteiger partial charge on any atom is 0.337 e. The number of rotatable bonds is 6. The van der Waals surface area contributed by atoms with Crippen LogP contribution in [-0.4, -0.2) is 62.2 Å². The van der Waals surface area contributed by atoms with Gasteiger partial charge in [0, 0.05) is 37.8 Å². The molecule has 0 unspecified atom stereocenters. The van der Waals surface area contributed by atoms with E-state index in [1.807, 2.05) is 6.07 Å². The highest BCUT2D eigenvalue weighted by Crippen LogP contribution is 2.34. The number of amides is 1. The molecule has 0 atom stereocenters. The normalized spacial score (nSPS) is 13.9. The number of piperazine rings is 1. The summed E-state index contributed by atoms with van der Waals surface area (Å²) < 4.78 is 10.6. The van der Waals surface area contributed by atoms with Crippen LogP contribution in [-0.2, 0) is 9.53 Å². The Morgan fingerprint density at radius 3 is 2.58 bits per heavy atom. The van der Waals surface area contributed by atoms with Gasteiger partial charge in [-0.3, -0.25) is 10.1 Å². The van der Waals surface area contributed by atoms with E-state index in [0.29, 0.717) is 38.4 Å². The number of esters is 1. The second-order valence-electron chi connectivity index (χ2n) is 8.59. The Morgan fingerprint density at radius 2 is 1.84 bits per heavy atom. The van der Waals surface area contributed by atoms with Crippen molar-refractivity contribution in [3.8, 4) is 11.3 Å². The summed E-state index contributed by atoms with van der Waals surface area (Å²) in [5.74, 6) is 0.0594. The summed E-state index contributed by atoms with van der Waals surface area (Å²) in [5.41, 5.74) is 2.50. The zero-order valence-corrected chi connectivity index (χ0v) is 23.1. The fourth-order valence-corrected chi connectivity index (χ4v) is 4.55. The Bertz CT molecular complexity index is 1380. The minimum absolute atomic E-state index is 0.0860. The van der Waals surface area contributed by atoms with Crippen molar-refractivity contribution in [2.24, 2.45) is 0 Å². The zero-order chi connectivity index (χ0) is 27.2. The van der Waals surface area contributed by atoms with Crippen molar-refractivity contribution in [2.75, 3.05) is 50.6 Å². The Balaban J connectivity index is 1.43. The number of hydrogen-bond acceptors (Lipinski definition) is 7. The summed E-state index contributed by atoms with van der Waals surface area (Å²) in [6.45, 7) is 3.44. The van der Waals surface area contributed by atoms with Crippen LogP contribution >= 0.6 is 35.4 Å². The lowest BCUT2D eigenvalue weighted by atomic mass is 10.1. The van der Waals surface area contributed by atoms with Gasteiger partial charge in [0.2, 0.25) is 5.91 Å². The molecule has 0 radical (unpaired) electrons. The van der Waals surface area contributed by atoms with Gasteiger partial charge >= 0.3 is 5.97 Å². The van der Waals surface area contributed by atoms with E-state index in [0.717, 1.165) is 31.9 Å². The quantitative estimate of drug-likeness (QED) is 0.233. The van der Waals surface area contributed by atoms with Crippen LogP contribution in [0.3, 0.4) is 0 Å². The SMILES string of the molecule is COC(=O)c1ccc(N2CCN(C)CC2)c(NC(=S)NC(=O)/C=C/c2ccc(-c3cccc(Cl)c3Cl)o2)c1. The number of carbonyl (C=O) groups is 2. The van der Waals surface area contributed by atoms with Crippen LogP contribution in [0, 0.1) is 0 Å². The van der Waals surface area contributed by atoms with Crippen molar-refractivity contribution in [2.45, 2.75) is 0 Å². The molecule has 1 aliphatic rings. The fourth-order valence-electron chi connectivity index (χ4n) is 3.95. The predicted molar refractivity (Wildman–Crippen MR) is 155 cm³/mol. The molecule has 38 heavy (non-hydrogen) atoms. The number of methoxy groups -OCH3 is 1. The number of furan rings is 1. The molecule has 1 aromatic heterocycles. The lowest BCUT2D eigenvalue weighted by molar-refractivity contribution is -0.115. The van der Waals surface area contributed by atoms with Gasteiger partial charge in [-0.25, -0.2) is 4.79 Å². The van der Waals surface area contributed by atoms with E-state index in [1.54, 1.807) is 42.5 Å². The first-order valence-corrected chi connectivity index (χ1v) is 12.9. The smallest absolute Gasteiger partial charge is 0.337 e. The molecule has 0 bridgehead atoms. The number of likely N-dealkylation sites (N-methyl/N-ethyl adjacent to an activating group) is 1. The van der Waals surface area contributed by atoms with E-state index >= 15 is 0 Å². The lowest BCUT2D eigenvalue weighted by Crippen LogP contribution is -2.45. The number of nitrogens with one attached hydrogen (secondary N) is 2. The number of ether oxygens (including phenoxy) is 1. The number of nitrogens with zero attached hydrogens (tertiary/aromatic N) is 2. The molecule has 1 amide bonds. The number of anilines is 2. The average Bonchev–Trinajstić information content (AvgIpc) is 3.38. The third-order valence-corrected chi connectivity index (χ3v) is 7.01. The maximum atomic E-state index is 12.5. The third-order valence-electron chi connectivity index (χ3n) is 5.99. The van der Waals surface area contributed by atoms with E-state index in [2.05, 4.69) is 27.5 Å². The van der Waals surface area contributed by atoms with Gasteiger partial charge in [0.1, 0.15) is 11.5 Å². The first kappa shape index (κ1) is 27.7. The number of thiocarbonyl (C=S) groups is 1. The van der Waals surface area contributed by atoms with Crippen molar-refractivity contribution < 1.29 is 18.7 Å². The van der Waals surface area contributed by atoms with Crippen LogP contribution in [0.1, 0.15) is 16.1 Å². The molecule has 1 saturated heterocycles. The first-order chi connectivity index (χ1) is 18.2. The van der Waals surface area contributed by atoms with Gasteiger partial charge in [0.15, 0.2) is 5.11 Å². The summed E-state index contributed by atoms with van der Waals surface area (Å²) in [4.78, 5) is 29.1. The van der Waals surface area contributed by atoms with Gasteiger partial charge in [-0.2, -0.15) is 0 Å². The van der Waals surface area contributed by atoms with E-state index in [1.165, 1.54) is 19.3 Å². The van der Waals surface area contributed by atoms with Crippen LogP contribution in [0.15, 0.2) is 59.0 Å². The second-order valence-corrected chi connectivity index (χ2v) is 9.79. The van der Waals surface area contributed by atoms with Crippen LogP contribution in [0.4, 0.5) is 11.4 Å². The molecule has 3 aromatic rings.